The average molecular weight is 477 g/mol. The Balaban J connectivity index is 2.76. The Morgan fingerprint density at radius 1 is 1.08 bits per heavy atom. The fraction of sp³-hybridized carbons (Fsp3) is 0.353. The molecule has 8 heteroatoms. The first-order valence-electron chi connectivity index (χ1n) is 7.42. The van der Waals surface area contributed by atoms with Crippen molar-refractivity contribution in [2.45, 2.75) is 6.92 Å². The van der Waals surface area contributed by atoms with Crippen LogP contribution in [-0.4, -0.2) is 38.5 Å². The molecule has 0 unspecified atom stereocenters. The van der Waals surface area contributed by atoms with E-state index in [4.69, 9.17) is 18.9 Å². The highest BCUT2D eigenvalue weighted by Gasteiger charge is 2.28. The van der Waals surface area contributed by atoms with Crippen LogP contribution in [0.3, 0.4) is 0 Å². The molecule has 1 aromatic carbocycles. The summed E-state index contributed by atoms with van der Waals surface area (Å²) in [5.41, 5.74) is 1.90. The van der Waals surface area contributed by atoms with Crippen LogP contribution in [0.2, 0.25) is 0 Å². The number of carbonyl (C=O) groups excluding carboxylic acids is 1. The van der Waals surface area contributed by atoms with E-state index in [1.165, 1.54) is 0 Å². The second-order valence-corrected chi connectivity index (χ2v) is 6.53. The molecule has 0 saturated heterocycles. The van der Waals surface area contributed by atoms with Crippen molar-refractivity contribution >= 4 is 37.8 Å². The minimum Gasteiger partial charge on any atom is -0.493 e. The number of benzene rings is 1. The van der Waals surface area contributed by atoms with Gasteiger partial charge in [0.05, 0.1) is 37.0 Å². The van der Waals surface area contributed by atoms with Crippen molar-refractivity contribution in [3.8, 4) is 28.4 Å². The van der Waals surface area contributed by atoms with Crippen LogP contribution in [0.5, 0.6) is 17.2 Å². The van der Waals surface area contributed by atoms with Gasteiger partial charge in [0.2, 0.25) is 5.75 Å². The highest BCUT2D eigenvalue weighted by molar-refractivity contribution is 9.11. The minimum atomic E-state index is -0.414. The molecule has 2 aromatic rings. The molecule has 1 aromatic heterocycles. The number of halogens is 2. The lowest BCUT2D eigenvalue weighted by molar-refractivity contribution is 0.0514. The number of ether oxygens (including phenoxy) is 4. The van der Waals surface area contributed by atoms with Crippen molar-refractivity contribution in [1.29, 1.82) is 0 Å². The maximum atomic E-state index is 12.3. The summed E-state index contributed by atoms with van der Waals surface area (Å²) >= 11 is 7.08. The zero-order valence-electron chi connectivity index (χ0n) is 14.6. The molecule has 0 spiro atoms. The molecule has 6 nitrogen and oxygen atoms in total. The molecular weight excluding hydrogens is 458 g/mol. The summed E-state index contributed by atoms with van der Waals surface area (Å²) in [5.74, 6) is 1.12. The number of carbonyl (C=O) groups is 1. The van der Waals surface area contributed by atoms with Crippen LogP contribution in [0.4, 0.5) is 0 Å². The fourth-order valence-electron chi connectivity index (χ4n) is 2.58. The highest BCUT2D eigenvalue weighted by atomic mass is 79.9. The number of methoxy groups -OCH3 is 3. The van der Waals surface area contributed by atoms with Crippen LogP contribution in [0.25, 0.3) is 11.1 Å². The molecule has 0 atom stereocenters. The van der Waals surface area contributed by atoms with Crippen LogP contribution in [0, 0.1) is 0 Å². The maximum absolute atomic E-state index is 12.3. The van der Waals surface area contributed by atoms with E-state index in [9.17, 15) is 4.79 Å². The van der Waals surface area contributed by atoms with Gasteiger partial charge in [-0.3, -0.25) is 0 Å². The van der Waals surface area contributed by atoms with Crippen LogP contribution in [0.1, 0.15) is 17.4 Å². The molecule has 0 aliphatic heterocycles. The van der Waals surface area contributed by atoms with Gasteiger partial charge < -0.3 is 23.5 Å². The van der Waals surface area contributed by atoms with Crippen LogP contribution < -0.4 is 14.2 Å². The second-order valence-electron chi connectivity index (χ2n) is 4.99. The number of hydrogen-bond donors (Lipinski definition) is 0. The van der Waals surface area contributed by atoms with Crippen molar-refractivity contribution < 1.29 is 23.7 Å². The van der Waals surface area contributed by atoms with Crippen molar-refractivity contribution in [2.24, 2.45) is 7.05 Å². The molecular formula is C17H19Br2NO5. The molecule has 0 N–H and O–H groups in total. The van der Waals surface area contributed by atoms with Crippen LogP contribution >= 0.6 is 31.9 Å². The maximum Gasteiger partial charge on any atom is 0.356 e. The Labute approximate surface area is 163 Å². The van der Waals surface area contributed by atoms with E-state index in [2.05, 4.69) is 31.9 Å². The van der Waals surface area contributed by atoms with Crippen molar-refractivity contribution in [1.82, 2.24) is 4.57 Å². The van der Waals surface area contributed by atoms with Gasteiger partial charge in [-0.1, -0.05) is 0 Å². The van der Waals surface area contributed by atoms with E-state index >= 15 is 0 Å². The van der Waals surface area contributed by atoms with Gasteiger partial charge in [-0.15, -0.1) is 0 Å². The first kappa shape index (κ1) is 19.7. The number of rotatable bonds is 6. The third-order valence-corrected chi connectivity index (χ3v) is 5.41. The molecule has 136 valence electrons. The van der Waals surface area contributed by atoms with Gasteiger partial charge >= 0.3 is 5.97 Å². The highest BCUT2D eigenvalue weighted by Crippen LogP contribution is 2.49. The molecule has 2 rings (SSSR count). The summed E-state index contributed by atoms with van der Waals surface area (Å²) in [6, 6.07) is 3.63. The molecule has 1 heterocycles. The van der Waals surface area contributed by atoms with Crippen LogP contribution in [0.15, 0.2) is 21.2 Å². The monoisotopic (exact) mass is 475 g/mol. The smallest absolute Gasteiger partial charge is 0.356 e. The predicted molar refractivity (Wildman–Crippen MR) is 102 cm³/mol. The van der Waals surface area contributed by atoms with Gasteiger partial charge in [-0.05, 0) is 50.9 Å². The van der Waals surface area contributed by atoms with E-state index in [1.807, 2.05) is 6.07 Å². The summed E-state index contributed by atoms with van der Waals surface area (Å²) in [6.07, 6.45) is 0. The zero-order chi connectivity index (χ0) is 18.7. The lowest BCUT2D eigenvalue weighted by atomic mass is 10.1. The third-order valence-electron chi connectivity index (χ3n) is 3.71. The second kappa shape index (κ2) is 8.14. The Kier molecular flexibility index (Phi) is 6.40. The third kappa shape index (κ3) is 3.37. The lowest BCUT2D eigenvalue weighted by Crippen LogP contribution is -2.10. The molecule has 0 radical (unpaired) electrons. The number of hydrogen-bond acceptors (Lipinski definition) is 5. The summed E-state index contributed by atoms with van der Waals surface area (Å²) in [5, 5.41) is 0. The molecule has 0 bridgehead atoms. The first-order chi connectivity index (χ1) is 11.9. The van der Waals surface area contributed by atoms with Gasteiger partial charge in [0, 0.05) is 18.2 Å². The Bertz CT molecular complexity index is 801. The van der Waals surface area contributed by atoms with E-state index in [0.717, 1.165) is 11.1 Å². The lowest BCUT2D eigenvalue weighted by Gasteiger charge is -2.16. The summed E-state index contributed by atoms with van der Waals surface area (Å²) in [4.78, 5) is 12.3. The SMILES string of the molecule is CCOC(=O)c1c(Br)c(-c2ccc(OC)c(OC)c2OC)c(Br)n1C. The van der Waals surface area contributed by atoms with Crippen molar-refractivity contribution in [2.75, 3.05) is 27.9 Å². The first-order valence-corrected chi connectivity index (χ1v) is 9.01. The standard InChI is InChI=1S/C17H19Br2NO5/c1-6-25-17(21)13-12(18)11(16(19)20(13)2)9-7-8-10(22-3)15(24-5)14(9)23-4/h7-8H,6H2,1-5H3. The van der Waals surface area contributed by atoms with E-state index < -0.39 is 5.97 Å². The van der Waals surface area contributed by atoms with Crippen molar-refractivity contribution in [3.05, 3.63) is 26.9 Å². The molecule has 0 fully saturated rings. The Morgan fingerprint density at radius 3 is 2.24 bits per heavy atom. The summed E-state index contributed by atoms with van der Waals surface area (Å²) in [6.45, 7) is 2.06. The summed E-state index contributed by atoms with van der Waals surface area (Å²) in [7, 11) is 6.43. The van der Waals surface area contributed by atoms with Gasteiger partial charge in [-0.25, -0.2) is 4.79 Å². The molecule has 0 aliphatic carbocycles. The normalized spacial score (nSPS) is 10.5. The van der Waals surface area contributed by atoms with E-state index in [-0.39, 0.29) is 0 Å². The fourth-order valence-corrected chi connectivity index (χ4v) is 4.26. The van der Waals surface area contributed by atoms with Crippen molar-refractivity contribution in [3.63, 3.8) is 0 Å². The number of aromatic nitrogens is 1. The Morgan fingerprint density at radius 2 is 1.72 bits per heavy atom. The topological polar surface area (TPSA) is 58.9 Å². The molecule has 0 aliphatic rings. The largest absolute Gasteiger partial charge is 0.493 e. The Hall–Kier alpha value is -1.67. The molecule has 25 heavy (non-hydrogen) atoms. The number of esters is 1. The van der Waals surface area contributed by atoms with E-state index in [1.54, 1.807) is 45.9 Å². The van der Waals surface area contributed by atoms with Gasteiger partial charge in [0.15, 0.2) is 11.5 Å². The van der Waals surface area contributed by atoms with Crippen LogP contribution in [-0.2, 0) is 11.8 Å². The summed E-state index contributed by atoms with van der Waals surface area (Å²) < 4.78 is 24.5. The molecule has 0 saturated carbocycles. The van der Waals surface area contributed by atoms with Gasteiger partial charge in [0.25, 0.3) is 0 Å². The number of nitrogens with zero attached hydrogens (tertiary/aromatic N) is 1. The van der Waals surface area contributed by atoms with E-state index in [0.29, 0.717) is 38.6 Å². The minimum absolute atomic E-state index is 0.295. The zero-order valence-corrected chi connectivity index (χ0v) is 17.8. The molecule has 0 amide bonds. The quantitative estimate of drug-likeness (QED) is 0.577. The average Bonchev–Trinajstić information content (AvgIpc) is 2.82. The predicted octanol–water partition coefficient (Wildman–Crippen LogP) is 4.42. The van der Waals surface area contributed by atoms with Gasteiger partial charge in [-0.2, -0.15) is 0 Å². The van der Waals surface area contributed by atoms with Gasteiger partial charge in [0.1, 0.15) is 5.69 Å².